The Hall–Kier alpha value is -2.17. The zero-order valence-electron chi connectivity index (χ0n) is 9.14. The highest BCUT2D eigenvalue weighted by Crippen LogP contribution is 2.15. The van der Waals surface area contributed by atoms with E-state index in [1.807, 2.05) is 6.92 Å². The third-order valence-corrected chi connectivity index (χ3v) is 2.37. The largest absolute Gasteiger partial charge is 0.383 e. The van der Waals surface area contributed by atoms with Gasteiger partial charge in [-0.2, -0.15) is 5.10 Å². The predicted molar refractivity (Wildman–Crippen MR) is 60.0 cm³/mol. The lowest BCUT2D eigenvalue weighted by Crippen LogP contribution is -2.06. The number of anilines is 1. The number of aromatic nitrogens is 3. The van der Waals surface area contributed by atoms with E-state index in [-0.39, 0.29) is 5.78 Å². The van der Waals surface area contributed by atoms with E-state index in [0.29, 0.717) is 16.9 Å². The molecule has 82 valence electrons. The zero-order valence-corrected chi connectivity index (χ0v) is 9.14. The van der Waals surface area contributed by atoms with Gasteiger partial charge in [-0.25, -0.2) is 0 Å². The second kappa shape index (κ2) is 3.77. The number of rotatable bonds is 2. The molecule has 16 heavy (non-hydrogen) atoms. The van der Waals surface area contributed by atoms with Gasteiger partial charge in [0, 0.05) is 25.0 Å². The van der Waals surface area contributed by atoms with E-state index in [2.05, 4.69) is 10.1 Å². The molecule has 2 rings (SSSR count). The van der Waals surface area contributed by atoms with Crippen molar-refractivity contribution in [3.05, 3.63) is 41.3 Å². The first-order valence-electron chi connectivity index (χ1n) is 4.83. The van der Waals surface area contributed by atoms with E-state index in [9.17, 15) is 4.79 Å². The maximum atomic E-state index is 12.1. The Morgan fingerprint density at radius 3 is 2.69 bits per heavy atom. The van der Waals surface area contributed by atoms with E-state index < -0.39 is 0 Å². The van der Waals surface area contributed by atoms with Crippen LogP contribution in [0.25, 0.3) is 0 Å². The van der Waals surface area contributed by atoms with Crippen molar-refractivity contribution in [1.29, 1.82) is 0 Å². The monoisotopic (exact) mass is 216 g/mol. The lowest BCUT2D eigenvalue weighted by molar-refractivity contribution is 0.103. The second-order valence-electron chi connectivity index (χ2n) is 3.65. The van der Waals surface area contributed by atoms with Gasteiger partial charge in [0.05, 0.1) is 11.8 Å². The normalized spacial score (nSPS) is 10.4. The molecular formula is C11H12N4O. The van der Waals surface area contributed by atoms with Crippen molar-refractivity contribution in [1.82, 2.24) is 14.8 Å². The summed E-state index contributed by atoms with van der Waals surface area (Å²) in [5.74, 6) is 0.216. The molecule has 0 amide bonds. The Labute approximate surface area is 92.9 Å². The molecule has 0 unspecified atom stereocenters. The first kappa shape index (κ1) is 10.4. The topological polar surface area (TPSA) is 73.8 Å². The number of carbonyl (C=O) groups is 1. The molecule has 0 spiro atoms. The molecular weight excluding hydrogens is 204 g/mol. The molecule has 2 N–H and O–H groups in total. The average molecular weight is 216 g/mol. The summed E-state index contributed by atoms with van der Waals surface area (Å²) >= 11 is 0. The van der Waals surface area contributed by atoms with Crippen LogP contribution in [0.5, 0.6) is 0 Å². The van der Waals surface area contributed by atoms with E-state index in [0.717, 1.165) is 5.56 Å². The third kappa shape index (κ3) is 1.67. The van der Waals surface area contributed by atoms with Crippen molar-refractivity contribution < 1.29 is 4.79 Å². The number of pyridine rings is 1. The Kier molecular flexibility index (Phi) is 2.44. The summed E-state index contributed by atoms with van der Waals surface area (Å²) in [6, 6.07) is 1.78. The third-order valence-electron chi connectivity index (χ3n) is 2.37. The predicted octanol–water partition coefficient (Wildman–Crippen LogP) is 0.937. The fourth-order valence-corrected chi connectivity index (χ4v) is 1.46. The van der Waals surface area contributed by atoms with E-state index in [1.54, 1.807) is 19.3 Å². The minimum atomic E-state index is -0.151. The first-order chi connectivity index (χ1) is 7.59. The van der Waals surface area contributed by atoms with Gasteiger partial charge < -0.3 is 5.73 Å². The molecule has 0 atom stereocenters. The lowest BCUT2D eigenvalue weighted by Gasteiger charge is -2.01. The van der Waals surface area contributed by atoms with Crippen molar-refractivity contribution in [2.24, 2.45) is 7.05 Å². The number of ketones is 1. The number of carbonyl (C=O) groups excluding carboxylic acids is 1. The molecule has 5 nitrogen and oxygen atoms in total. The maximum absolute atomic E-state index is 12.1. The summed E-state index contributed by atoms with van der Waals surface area (Å²) in [5.41, 5.74) is 7.62. The molecule has 0 aliphatic rings. The molecule has 0 aromatic carbocycles. The molecule has 2 aromatic heterocycles. The number of aryl methyl sites for hydroxylation is 2. The van der Waals surface area contributed by atoms with Crippen LogP contribution in [-0.4, -0.2) is 20.5 Å². The minimum absolute atomic E-state index is 0.151. The minimum Gasteiger partial charge on any atom is -0.383 e. The quantitative estimate of drug-likeness (QED) is 0.758. The smallest absolute Gasteiger partial charge is 0.199 e. The number of nitrogens with zero attached hydrogens (tertiary/aromatic N) is 3. The Balaban J connectivity index is 2.43. The molecule has 0 bridgehead atoms. The van der Waals surface area contributed by atoms with Crippen LogP contribution in [-0.2, 0) is 7.05 Å². The molecule has 0 saturated heterocycles. The molecule has 0 radical (unpaired) electrons. The van der Waals surface area contributed by atoms with Gasteiger partial charge in [-0.1, -0.05) is 0 Å². The van der Waals surface area contributed by atoms with Crippen molar-refractivity contribution in [3.63, 3.8) is 0 Å². The van der Waals surface area contributed by atoms with Crippen LogP contribution in [0.15, 0.2) is 24.7 Å². The van der Waals surface area contributed by atoms with Crippen LogP contribution >= 0.6 is 0 Å². The Morgan fingerprint density at radius 2 is 2.12 bits per heavy atom. The van der Waals surface area contributed by atoms with E-state index in [4.69, 9.17) is 5.73 Å². The molecule has 0 aliphatic carbocycles. The highest BCUT2D eigenvalue weighted by molar-refractivity contribution is 6.11. The van der Waals surface area contributed by atoms with Gasteiger partial charge in [0.1, 0.15) is 5.82 Å². The van der Waals surface area contributed by atoms with Crippen molar-refractivity contribution in [2.75, 3.05) is 5.73 Å². The summed E-state index contributed by atoms with van der Waals surface area (Å²) in [4.78, 5) is 16.0. The number of nitrogens with two attached hydrogens (primary N) is 1. The fourth-order valence-electron chi connectivity index (χ4n) is 1.46. The molecule has 0 fully saturated rings. The standard InChI is InChI=1S/C11H12N4O/c1-7-3-8(5-13-4-7)10(16)9-6-14-15(2)11(9)12/h3-6H,12H2,1-2H3. The first-order valence-corrected chi connectivity index (χ1v) is 4.83. The molecule has 0 saturated carbocycles. The van der Waals surface area contributed by atoms with Gasteiger partial charge in [-0.15, -0.1) is 0 Å². The number of nitrogen functional groups attached to an aromatic ring is 1. The molecule has 2 heterocycles. The zero-order chi connectivity index (χ0) is 11.7. The van der Waals surface area contributed by atoms with E-state index >= 15 is 0 Å². The van der Waals surface area contributed by atoms with Gasteiger partial charge in [-0.05, 0) is 18.6 Å². The maximum Gasteiger partial charge on any atom is 0.199 e. The fraction of sp³-hybridized carbons (Fsp3) is 0.182. The van der Waals surface area contributed by atoms with Crippen molar-refractivity contribution in [2.45, 2.75) is 6.92 Å². The van der Waals surface area contributed by atoms with Gasteiger partial charge in [0.2, 0.25) is 0 Å². The molecule has 0 aliphatic heterocycles. The highest BCUT2D eigenvalue weighted by Gasteiger charge is 2.15. The van der Waals surface area contributed by atoms with Gasteiger partial charge >= 0.3 is 0 Å². The molecule has 5 heteroatoms. The summed E-state index contributed by atoms with van der Waals surface area (Å²) in [5, 5.41) is 3.94. The Morgan fingerprint density at radius 1 is 1.38 bits per heavy atom. The number of hydrogen-bond donors (Lipinski definition) is 1. The summed E-state index contributed by atoms with van der Waals surface area (Å²) in [6.07, 6.45) is 4.70. The van der Waals surface area contributed by atoms with Crippen LogP contribution in [0, 0.1) is 6.92 Å². The van der Waals surface area contributed by atoms with Gasteiger partial charge in [0.15, 0.2) is 5.78 Å². The van der Waals surface area contributed by atoms with E-state index in [1.165, 1.54) is 17.1 Å². The summed E-state index contributed by atoms with van der Waals surface area (Å²) in [7, 11) is 1.70. The second-order valence-corrected chi connectivity index (χ2v) is 3.65. The summed E-state index contributed by atoms with van der Waals surface area (Å²) < 4.78 is 1.47. The van der Waals surface area contributed by atoms with Crippen LogP contribution in [0.1, 0.15) is 21.5 Å². The van der Waals surface area contributed by atoms with Crippen molar-refractivity contribution >= 4 is 11.6 Å². The lowest BCUT2D eigenvalue weighted by atomic mass is 10.1. The van der Waals surface area contributed by atoms with Crippen LogP contribution in [0.4, 0.5) is 5.82 Å². The highest BCUT2D eigenvalue weighted by atomic mass is 16.1. The van der Waals surface area contributed by atoms with Gasteiger partial charge in [-0.3, -0.25) is 14.5 Å². The molecule has 2 aromatic rings. The van der Waals surface area contributed by atoms with Crippen LogP contribution in [0.3, 0.4) is 0 Å². The van der Waals surface area contributed by atoms with Crippen LogP contribution in [0.2, 0.25) is 0 Å². The van der Waals surface area contributed by atoms with Crippen LogP contribution < -0.4 is 5.73 Å². The van der Waals surface area contributed by atoms with Crippen molar-refractivity contribution in [3.8, 4) is 0 Å². The average Bonchev–Trinajstić information content (AvgIpc) is 2.59. The number of hydrogen-bond acceptors (Lipinski definition) is 4. The van der Waals surface area contributed by atoms with Gasteiger partial charge in [0.25, 0.3) is 0 Å². The SMILES string of the molecule is Cc1cncc(C(=O)c2cnn(C)c2N)c1. The summed E-state index contributed by atoms with van der Waals surface area (Å²) in [6.45, 7) is 1.89. The Bertz CT molecular complexity index is 545.